The van der Waals surface area contributed by atoms with Gasteiger partial charge in [0, 0.05) is 34.8 Å². The van der Waals surface area contributed by atoms with E-state index in [1.165, 1.54) is 0 Å². The Morgan fingerprint density at radius 1 is 1.20 bits per heavy atom. The number of H-pyrrole nitrogens is 1. The van der Waals surface area contributed by atoms with Crippen LogP contribution in [0, 0.1) is 0 Å². The lowest BCUT2D eigenvalue weighted by Crippen LogP contribution is -2.12. The van der Waals surface area contributed by atoms with Gasteiger partial charge in [-0.1, -0.05) is 18.2 Å². The first-order valence-electron chi connectivity index (χ1n) is 8.42. The van der Waals surface area contributed by atoms with Crippen LogP contribution in [0.5, 0.6) is 5.75 Å². The molecule has 0 spiro atoms. The smallest absolute Gasteiger partial charge is 0.224 e. The van der Waals surface area contributed by atoms with Crippen LogP contribution in [0.3, 0.4) is 0 Å². The van der Waals surface area contributed by atoms with Gasteiger partial charge in [-0.05, 0) is 43.2 Å². The Hall–Kier alpha value is -2.79. The van der Waals surface area contributed by atoms with Gasteiger partial charge < -0.3 is 20.1 Å². The van der Waals surface area contributed by atoms with E-state index in [2.05, 4.69) is 16.4 Å². The summed E-state index contributed by atoms with van der Waals surface area (Å²) in [5.41, 5.74) is 3.54. The third-order valence-electron chi connectivity index (χ3n) is 4.11. The Morgan fingerprint density at radius 2 is 2.04 bits per heavy atom. The molecule has 0 atom stereocenters. The number of para-hydroxylation sites is 1. The number of benzene rings is 2. The quantitative estimate of drug-likeness (QED) is 0.616. The molecule has 3 rings (SSSR count). The maximum Gasteiger partial charge on any atom is 0.224 e. The fraction of sp³-hybridized carbons (Fsp3) is 0.250. The van der Waals surface area contributed by atoms with Crippen LogP contribution < -0.4 is 10.1 Å². The molecule has 0 aliphatic carbocycles. The summed E-state index contributed by atoms with van der Waals surface area (Å²) in [5.74, 6) is 0.583. The molecule has 0 saturated heterocycles. The number of aliphatic hydroxyl groups is 1. The van der Waals surface area contributed by atoms with Gasteiger partial charge in [-0.3, -0.25) is 4.79 Å². The maximum absolute atomic E-state index is 12.2. The third-order valence-corrected chi connectivity index (χ3v) is 4.11. The van der Waals surface area contributed by atoms with E-state index in [1.807, 2.05) is 31.3 Å². The predicted molar refractivity (Wildman–Crippen MR) is 98.8 cm³/mol. The van der Waals surface area contributed by atoms with E-state index in [1.54, 1.807) is 18.2 Å². The van der Waals surface area contributed by atoms with Gasteiger partial charge in [0.15, 0.2) is 0 Å². The van der Waals surface area contributed by atoms with Crippen molar-refractivity contribution in [2.45, 2.75) is 26.4 Å². The number of rotatable bonds is 7. The number of carbonyl (C=O) groups excluding carboxylic acids is 1. The van der Waals surface area contributed by atoms with E-state index in [0.717, 1.165) is 16.5 Å². The summed E-state index contributed by atoms with van der Waals surface area (Å²) < 4.78 is 5.45. The molecule has 0 fully saturated rings. The lowest BCUT2D eigenvalue weighted by Gasteiger charge is -2.11. The van der Waals surface area contributed by atoms with Gasteiger partial charge in [0.2, 0.25) is 5.91 Å². The molecule has 5 nitrogen and oxygen atoms in total. The van der Waals surface area contributed by atoms with Crippen molar-refractivity contribution < 1.29 is 14.6 Å². The number of hydrogen-bond donors (Lipinski definition) is 3. The van der Waals surface area contributed by atoms with Gasteiger partial charge >= 0.3 is 0 Å². The summed E-state index contributed by atoms with van der Waals surface area (Å²) in [5, 5.41) is 13.5. The second-order valence-corrected chi connectivity index (χ2v) is 5.82. The third kappa shape index (κ3) is 4.00. The summed E-state index contributed by atoms with van der Waals surface area (Å²) in [7, 11) is 0. The fourth-order valence-corrected chi connectivity index (χ4v) is 2.89. The van der Waals surface area contributed by atoms with Crippen molar-refractivity contribution in [3.63, 3.8) is 0 Å². The molecule has 0 bridgehead atoms. The number of aryl methyl sites for hydroxylation is 1. The number of carbonyl (C=O) groups is 1. The lowest BCUT2D eigenvalue weighted by atomic mass is 10.1. The van der Waals surface area contributed by atoms with Crippen molar-refractivity contribution in [2.75, 3.05) is 11.9 Å². The van der Waals surface area contributed by atoms with Crippen LogP contribution in [0.25, 0.3) is 10.9 Å². The first kappa shape index (κ1) is 17.0. The summed E-state index contributed by atoms with van der Waals surface area (Å²) in [6.45, 7) is 2.29. The number of fused-ring (bicyclic) bond motifs is 1. The summed E-state index contributed by atoms with van der Waals surface area (Å²) in [4.78, 5) is 15.5. The highest BCUT2D eigenvalue weighted by molar-refractivity contribution is 5.91. The summed E-state index contributed by atoms with van der Waals surface area (Å²) in [6, 6.07) is 13.4. The van der Waals surface area contributed by atoms with Crippen molar-refractivity contribution in [3.05, 3.63) is 59.8 Å². The zero-order valence-electron chi connectivity index (χ0n) is 14.2. The first-order valence-corrected chi connectivity index (χ1v) is 8.42. The Bertz CT molecular complexity index is 870. The molecule has 130 valence electrons. The molecule has 2 aromatic carbocycles. The second kappa shape index (κ2) is 7.85. The normalized spacial score (nSPS) is 10.8. The minimum atomic E-state index is -0.131. The minimum Gasteiger partial charge on any atom is -0.494 e. The monoisotopic (exact) mass is 338 g/mol. The average Bonchev–Trinajstić information content (AvgIpc) is 3.04. The number of anilines is 1. The summed E-state index contributed by atoms with van der Waals surface area (Å²) >= 11 is 0. The van der Waals surface area contributed by atoms with Gasteiger partial charge in [-0.15, -0.1) is 0 Å². The summed E-state index contributed by atoms with van der Waals surface area (Å²) in [6.07, 6.45) is 3.02. The molecule has 5 heteroatoms. The van der Waals surface area contributed by atoms with Crippen LogP contribution in [0.1, 0.15) is 24.5 Å². The van der Waals surface area contributed by atoms with Gasteiger partial charge in [0.25, 0.3) is 0 Å². The standard InChI is InChI=1S/C20H22N2O3/c1-2-25-19-9-8-16(11-15(19)13-23)22-20(24)10-7-14-12-21-18-6-4-3-5-17(14)18/h3-6,8-9,11-12,21,23H,2,7,10,13H2,1H3,(H,22,24). The zero-order chi connectivity index (χ0) is 17.6. The van der Waals surface area contributed by atoms with Gasteiger partial charge in [0.05, 0.1) is 13.2 Å². The van der Waals surface area contributed by atoms with E-state index in [-0.39, 0.29) is 12.5 Å². The molecule has 0 radical (unpaired) electrons. The Kier molecular flexibility index (Phi) is 5.36. The minimum absolute atomic E-state index is 0.0571. The van der Waals surface area contributed by atoms with E-state index in [0.29, 0.717) is 36.4 Å². The molecule has 0 aliphatic rings. The Labute approximate surface area is 146 Å². The second-order valence-electron chi connectivity index (χ2n) is 5.82. The van der Waals surface area contributed by atoms with Gasteiger partial charge in [-0.2, -0.15) is 0 Å². The molecule has 1 amide bonds. The van der Waals surface area contributed by atoms with E-state index >= 15 is 0 Å². The SMILES string of the molecule is CCOc1ccc(NC(=O)CCc2c[nH]c3ccccc23)cc1CO. The topological polar surface area (TPSA) is 74.3 Å². The molecule has 3 N–H and O–H groups in total. The highest BCUT2D eigenvalue weighted by Gasteiger charge is 2.09. The first-order chi connectivity index (χ1) is 12.2. The van der Waals surface area contributed by atoms with Crippen molar-refractivity contribution >= 4 is 22.5 Å². The molecular formula is C20H22N2O3. The molecule has 25 heavy (non-hydrogen) atoms. The highest BCUT2D eigenvalue weighted by atomic mass is 16.5. The van der Waals surface area contributed by atoms with E-state index in [4.69, 9.17) is 4.74 Å². The number of aromatic amines is 1. The molecule has 3 aromatic rings. The maximum atomic E-state index is 12.2. The van der Waals surface area contributed by atoms with Crippen LogP contribution in [-0.2, 0) is 17.8 Å². The van der Waals surface area contributed by atoms with Gasteiger partial charge in [0.1, 0.15) is 5.75 Å². The van der Waals surface area contributed by atoms with E-state index in [9.17, 15) is 9.90 Å². The van der Waals surface area contributed by atoms with Gasteiger partial charge in [-0.25, -0.2) is 0 Å². The highest BCUT2D eigenvalue weighted by Crippen LogP contribution is 2.23. The number of hydrogen-bond acceptors (Lipinski definition) is 3. The molecule has 0 aliphatic heterocycles. The number of aliphatic hydroxyl groups excluding tert-OH is 1. The lowest BCUT2D eigenvalue weighted by molar-refractivity contribution is -0.116. The number of aromatic nitrogens is 1. The molecule has 0 unspecified atom stereocenters. The molecule has 1 heterocycles. The largest absolute Gasteiger partial charge is 0.494 e. The Morgan fingerprint density at radius 3 is 2.84 bits per heavy atom. The van der Waals surface area contributed by atoms with Crippen molar-refractivity contribution in [3.8, 4) is 5.75 Å². The van der Waals surface area contributed by atoms with Crippen LogP contribution >= 0.6 is 0 Å². The Balaban J connectivity index is 1.62. The van der Waals surface area contributed by atoms with Crippen LogP contribution in [0.2, 0.25) is 0 Å². The van der Waals surface area contributed by atoms with Crippen LogP contribution in [-0.4, -0.2) is 22.6 Å². The molecular weight excluding hydrogens is 316 g/mol. The zero-order valence-corrected chi connectivity index (χ0v) is 14.2. The average molecular weight is 338 g/mol. The number of ether oxygens (including phenoxy) is 1. The number of amides is 1. The van der Waals surface area contributed by atoms with Crippen molar-refractivity contribution in [1.82, 2.24) is 4.98 Å². The van der Waals surface area contributed by atoms with Crippen LogP contribution in [0.15, 0.2) is 48.7 Å². The predicted octanol–water partition coefficient (Wildman–Crippen LogP) is 3.63. The van der Waals surface area contributed by atoms with Crippen molar-refractivity contribution in [2.24, 2.45) is 0 Å². The molecule has 0 saturated carbocycles. The molecule has 1 aromatic heterocycles. The number of nitrogens with one attached hydrogen (secondary N) is 2. The fourth-order valence-electron chi connectivity index (χ4n) is 2.89. The van der Waals surface area contributed by atoms with E-state index < -0.39 is 0 Å². The van der Waals surface area contributed by atoms with Crippen molar-refractivity contribution in [1.29, 1.82) is 0 Å². The van der Waals surface area contributed by atoms with Crippen LogP contribution in [0.4, 0.5) is 5.69 Å².